The molecule has 0 saturated heterocycles. The fraction of sp³-hybridized carbons (Fsp3) is 0.182. The first-order valence-corrected chi connectivity index (χ1v) is 4.56. The lowest BCUT2D eigenvalue weighted by Crippen LogP contribution is -2.05. The molecule has 0 aliphatic rings. The maximum absolute atomic E-state index is 12.5. The van der Waals surface area contributed by atoms with Crippen LogP contribution in [-0.4, -0.2) is 4.98 Å². The molecule has 0 radical (unpaired) electrons. The summed E-state index contributed by atoms with van der Waals surface area (Å²) in [4.78, 5) is 3.60. The monoisotopic (exact) mass is 227 g/mol. The van der Waals surface area contributed by atoms with Crippen molar-refractivity contribution in [3.05, 3.63) is 42.0 Å². The Bertz CT molecular complexity index is 485. The summed E-state index contributed by atoms with van der Waals surface area (Å²) in [6.07, 6.45) is -3.71. The number of benzene rings is 1. The molecule has 2 aromatic rings. The third kappa shape index (κ3) is 1.93. The highest BCUT2D eigenvalue weighted by atomic mass is 19.4. The Kier molecular flexibility index (Phi) is 2.46. The number of aromatic nitrogens is 1. The molecule has 1 aromatic carbocycles. The van der Waals surface area contributed by atoms with Crippen molar-refractivity contribution in [3.8, 4) is 11.3 Å². The predicted molar refractivity (Wildman–Crippen MR) is 51.7 cm³/mol. The zero-order chi connectivity index (χ0) is 11.8. The number of hydrogen-bond donors (Lipinski definition) is 0. The van der Waals surface area contributed by atoms with E-state index in [1.165, 1.54) is 0 Å². The Hall–Kier alpha value is -1.78. The molecule has 0 aliphatic heterocycles. The molecule has 2 rings (SSSR count). The van der Waals surface area contributed by atoms with Crippen LogP contribution in [0.2, 0.25) is 0 Å². The Balaban J connectivity index is 2.49. The summed E-state index contributed by atoms with van der Waals surface area (Å²) in [7, 11) is 0. The Morgan fingerprint density at radius 1 is 1.12 bits per heavy atom. The largest absolute Gasteiger partial charge is 0.451 e. The van der Waals surface area contributed by atoms with E-state index in [1.54, 1.807) is 24.3 Å². The van der Waals surface area contributed by atoms with E-state index in [2.05, 4.69) is 9.40 Å². The van der Waals surface area contributed by atoms with Gasteiger partial charge in [0.2, 0.25) is 5.76 Å². The lowest BCUT2D eigenvalue weighted by molar-refractivity contribution is -0.152. The van der Waals surface area contributed by atoms with Crippen molar-refractivity contribution in [3.63, 3.8) is 0 Å². The van der Waals surface area contributed by atoms with Gasteiger partial charge in [-0.1, -0.05) is 29.8 Å². The number of rotatable bonds is 1. The van der Waals surface area contributed by atoms with Gasteiger partial charge in [0, 0.05) is 5.56 Å². The smallest absolute Gasteiger partial charge is 0.438 e. The van der Waals surface area contributed by atoms with E-state index in [0.717, 1.165) is 12.0 Å². The number of alkyl halides is 3. The normalized spacial score (nSPS) is 11.8. The van der Waals surface area contributed by atoms with Gasteiger partial charge in [-0.25, -0.2) is 4.98 Å². The fourth-order valence-electron chi connectivity index (χ4n) is 1.36. The number of nitrogens with zero attached hydrogens (tertiary/aromatic N) is 1. The quantitative estimate of drug-likeness (QED) is 0.742. The maximum Gasteiger partial charge on any atom is 0.451 e. The second kappa shape index (κ2) is 3.66. The summed E-state index contributed by atoms with van der Waals surface area (Å²) in [5.41, 5.74) is 1.19. The molecule has 0 spiro atoms. The summed E-state index contributed by atoms with van der Waals surface area (Å²) in [6.45, 7) is 1.86. The zero-order valence-corrected chi connectivity index (χ0v) is 8.38. The average Bonchev–Trinajstić information content (AvgIpc) is 2.66. The molecule has 0 saturated carbocycles. The highest BCUT2D eigenvalue weighted by Gasteiger charge is 2.38. The third-order valence-electron chi connectivity index (χ3n) is 2.15. The van der Waals surface area contributed by atoms with Crippen molar-refractivity contribution in [2.24, 2.45) is 0 Å². The van der Waals surface area contributed by atoms with Crippen LogP contribution < -0.4 is 0 Å². The zero-order valence-electron chi connectivity index (χ0n) is 8.38. The van der Waals surface area contributed by atoms with Gasteiger partial charge < -0.3 is 4.42 Å². The second-order valence-electron chi connectivity index (χ2n) is 3.39. The van der Waals surface area contributed by atoms with Crippen molar-refractivity contribution >= 4 is 0 Å². The van der Waals surface area contributed by atoms with E-state index in [0.29, 0.717) is 5.56 Å². The van der Waals surface area contributed by atoms with Crippen molar-refractivity contribution in [2.45, 2.75) is 13.1 Å². The van der Waals surface area contributed by atoms with Crippen LogP contribution in [0.25, 0.3) is 11.3 Å². The van der Waals surface area contributed by atoms with Crippen molar-refractivity contribution in [1.29, 1.82) is 0 Å². The van der Waals surface area contributed by atoms with Crippen LogP contribution in [0.15, 0.2) is 35.1 Å². The molecule has 0 N–H and O–H groups in total. The second-order valence-corrected chi connectivity index (χ2v) is 3.39. The highest BCUT2D eigenvalue weighted by molar-refractivity contribution is 5.61. The first-order valence-electron chi connectivity index (χ1n) is 4.56. The molecular formula is C11H8F3NO. The minimum atomic E-state index is -4.52. The molecule has 0 fully saturated rings. The SMILES string of the molecule is Cc1ccc(-c2ncoc2C(F)(F)F)cc1. The molecule has 0 aliphatic carbocycles. The first-order chi connectivity index (χ1) is 7.48. The molecule has 16 heavy (non-hydrogen) atoms. The Morgan fingerprint density at radius 3 is 2.31 bits per heavy atom. The molecule has 0 bridgehead atoms. The lowest BCUT2D eigenvalue weighted by Gasteiger charge is -2.04. The molecule has 0 unspecified atom stereocenters. The van der Waals surface area contributed by atoms with Crippen LogP contribution in [0.5, 0.6) is 0 Å². The van der Waals surface area contributed by atoms with Crippen LogP contribution in [-0.2, 0) is 6.18 Å². The maximum atomic E-state index is 12.5. The van der Waals surface area contributed by atoms with Gasteiger partial charge in [0.25, 0.3) is 0 Å². The minimum Gasteiger partial charge on any atom is -0.438 e. The highest BCUT2D eigenvalue weighted by Crippen LogP contribution is 2.36. The molecule has 2 nitrogen and oxygen atoms in total. The summed E-state index contributed by atoms with van der Waals surface area (Å²) in [6, 6.07) is 6.62. The van der Waals surface area contributed by atoms with E-state index >= 15 is 0 Å². The molecule has 1 heterocycles. The van der Waals surface area contributed by atoms with Crippen LogP contribution in [0.3, 0.4) is 0 Å². The first kappa shape index (κ1) is 10.7. The summed E-state index contributed by atoms with van der Waals surface area (Å²) in [5.74, 6) is -1.06. The van der Waals surface area contributed by atoms with Crippen LogP contribution in [0.1, 0.15) is 11.3 Å². The average molecular weight is 227 g/mol. The van der Waals surface area contributed by atoms with E-state index in [1.807, 2.05) is 6.92 Å². The molecule has 0 atom stereocenters. The fourth-order valence-corrected chi connectivity index (χ4v) is 1.36. The van der Waals surface area contributed by atoms with Gasteiger partial charge in [0.1, 0.15) is 5.69 Å². The Morgan fingerprint density at radius 2 is 1.75 bits per heavy atom. The van der Waals surface area contributed by atoms with Gasteiger partial charge in [-0.3, -0.25) is 0 Å². The number of oxazole rings is 1. The molecular weight excluding hydrogens is 219 g/mol. The van der Waals surface area contributed by atoms with E-state index in [-0.39, 0.29) is 5.69 Å². The van der Waals surface area contributed by atoms with Gasteiger partial charge in [-0.05, 0) is 6.92 Å². The standard InChI is InChI=1S/C11H8F3NO/c1-7-2-4-8(5-3-7)9-10(11(12,13)14)16-6-15-9/h2-6H,1H3. The van der Waals surface area contributed by atoms with Gasteiger partial charge in [0.15, 0.2) is 6.39 Å². The van der Waals surface area contributed by atoms with Gasteiger partial charge in [-0.2, -0.15) is 13.2 Å². The van der Waals surface area contributed by atoms with Crippen molar-refractivity contribution < 1.29 is 17.6 Å². The number of aryl methyl sites for hydroxylation is 1. The van der Waals surface area contributed by atoms with Crippen LogP contribution in [0.4, 0.5) is 13.2 Å². The molecule has 84 valence electrons. The number of halogens is 3. The van der Waals surface area contributed by atoms with E-state index in [9.17, 15) is 13.2 Å². The molecule has 0 amide bonds. The predicted octanol–water partition coefficient (Wildman–Crippen LogP) is 3.67. The van der Waals surface area contributed by atoms with Crippen molar-refractivity contribution in [2.75, 3.05) is 0 Å². The lowest BCUT2D eigenvalue weighted by atomic mass is 10.1. The molecule has 5 heteroatoms. The van der Waals surface area contributed by atoms with Crippen LogP contribution in [0, 0.1) is 6.92 Å². The summed E-state index contributed by atoms with van der Waals surface area (Å²) in [5, 5.41) is 0. The van der Waals surface area contributed by atoms with Crippen molar-refractivity contribution in [1.82, 2.24) is 4.98 Å². The summed E-state index contributed by atoms with van der Waals surface area (Å²) >= 11 is 0. The van der Waals surface area contributed by atoms with Crippen LogP contribution >= 0.6 is 0 Å². The van der Waals surface area contributed by atoms with Gasteiger partial charge in [0.05, 0.1) is 0 Å². The minimum absolute atomic E-state index is 0.174. The third-order valence-corrected chi connectivity index (χ3v) is 2.15. The summed E-state index contributed by atoms with van der Waals surface area (Å²) < 4.78 is 41.9. The number of hydrogen-bond acceptors (Lipinski definition) is 2. The molecule has 1 aromatic heterocycles. The van der Waals surface area contributed by atoms with Gasteiger partial charge in [-0.15, -0.1) is 0 Å². The topological polar surface area (TPSA) is 26.0 Å². The van der Waals surface area contributed by atoms with E-state index in [4.69, 9.17) is 0 Å². The van der Waals surface area contributed by atoms with Gasteiger partial charge >= 0.3 is 6.18 Å². The Labute approximate surface area is 89.7 Å². The van der Waals surface area contributed by atoms with E-state index < -0.39 is 11.9 Å².